The summed E-state index contributed by atoms with van der Waals surface area (Å²) in [4.78, 5) is 0. The van der Waals surface area contributed by atoms with Crippen molar-refractivity contribution in [2.24, 2.45) is 0 Å². The van der Waals surface area contributed by atoms with Crippen molar-refractivity contribution >= 4 is 22.6 Å². The van der Waals surface area contributed by atoms with E-state index in [-0.39, 0.29) is 5.82 Å². The van der Waals surface area contributed by atoms with Gasteiger partial charge in [-0.2, -0.15) is 0 Å². The second-order valence-corrected chi connectivity index (χ2v) is 4.98. The minimum absolute atomic E-state index is 0.241. The van der Waals surface area contributed by atoms with Crippen molar-refractivity contribution in [1.29, 1.82) is 0 Å². The molecule has 0 radical (unpaired) electrons. The number of aromatic nitrogens is 3. The molecule has 96 valence electrons. The van der Waals surface area contributed by atoms with Crippen molar-refractivity contribution in [3.8, 4) is 5.69 Å². The van der Waals surface area contributed by atoms with Crippen LogP contribution in [0.1, 0.15) is 19.0 Å². The molecule has 0 saturated heterocycles. The third kappa shape index (κ3) is 3.05. The van der Waals surface area contributed by atoms with Crippen LogP contribution in [-0.2, 0) is 6.54 Å². The van der Waals surface area contributed by atoms with E-state index in [4.69, 9.17) is 0 Å². The molecule has 0 unspecified atom stereocenters. The normalized spacial score (nSPS) is 10.8. The number of benzene rings is 1. The molecule has 0 aliphatic rings. The smallest absolute Gasteiger partial charge is 0.138 e. The molecule has 1 aromatic carbocycles. The van der Waals surface area contributed by atoms with Gasteiger partial charge in [-0.1, -0.05) is 18.2 Å². The fourth-order valence-corrected chi connectivity index (χ4v) is 2.17. The van der Waals surface area contributed by atoms with Crippen LogP contribution >= 0.6 is 22.6 Å². The molecule has 18 heavy (non-hydrogen) atoms. The summed E-state index contributed by atoms with van der Waals surface area (Å²) in [5, 5.41) is 11.3. The van der Waals surface area contributed by atoms with E-state index in [1.165, 1.54) is 6.07 Å². The van der Waals surface area contributed by atoms with E-state index in [2.05, 4.69) is 22.6 Å². The van der Waals surface area contributed by atoms with Gasteiger partial charge in [0.15, 0.2) is 0 Å². The maximum absolute atomic E-state index is 13.4. The average Bonchev–Trinajstić information content (AvgIpc) is 2.82. The van der Waals surface area contributed by atoms with Gasteiger partial charge < -0.3 is 5.32 Å². The van der Waals surface area contributed by atoms with Crippen LogP contribution in [0.5, 0.6) is 0 Å². The molecule has 0 aliphatic heterocycles. The van der Waals surface area contributed by atoms with Gasteiger partial charge in [-0.05, 0) is 47.7 Å². The predicted molar refractivity (Wildman–Crippen MR) is 76.0 cm³/mol. The lowest BCUT2D eigenvalue weighted by molar-refractivity contribution is 0.616. The largest absolute Gasteiger partial charge is 0.311 e. The Kier molecular flexibility index (Phi) is 4.65. The van der Waals surface area contributed by atoms with Crippen LogP contribution in [0.25, 0.3) is 5.69 Å². The zero-order valence-electron chi connectivity index (χ0n) is 10.0. The molecule has 0 aliphatic carbocycles. The van der Waals surface area contributed by atoms with E-state index in [1.807, 2.05) is 34.9 Å². The van der Waals surface area contributed by atoms with Crippen LogP contribution < -0.4 is 5.32 Å². The van der Waals surface area contributed by atoms with Crippen LogP contribution in [0.2, 0.25) is 0 Å². The minimum Gasteiger partial charge on any atom is -0.311 e. The number of hydrogen-bond acceptors (Lipinski definition) is 3. The Bertz CT molecular complexity index is 527. The number of halogens is 2. The number of rotatable bonds is 5. The van der Waals surface area contributed by atoms with Gasteiger partial charge in [-0.25, -0.2) is 9.07 Å². The molecule has 1 N–H and O–H groups in total. The Hall–Kier alpha value is -1.02. The summed E-state index contributed by atoms with van der Waals surface area (Å²) in [5.41, 5.74) is 1.56. The van der Waals surface area contributed by atoms with Gasteiger partial charge in [0.1, 0.15) is 5.82 Å². The summed E-state index contributed by atoms with van der Waals surface area (Å²) >= 11 is 1.97. The van der Waals surface area contributed by atoms with Crippen LogP contribution in [0.3, 0.4) is 0 Å². The van der Waals surface area contributed by atoms with Crippen LogP contribution in [0.15, 0.2) is 24.4 Å². The lowest BCUT2D eigenvalue weighted by Crippen LogP contribution is -2.13. The zero-order valence-corrected chi connectivity index (χ0v) is 12.2. The summed E-state index contributed by atoms with van der Waals surface area (Å²) in [6.45, 7) is 3.74. The molecular formula is C12H14FIN4. The molecule has 0 fully saturated rings. The first-order chi connectivity index (χ1) is 8.72. The van der Waals surface area contributed by atoms with Crippen LogP contribution in [0, 0.1) is 9.39 Å². The maximum Gasteiger partial charge on any atom is 0.138 e. The summed E-state index contributed by atoms with van der Waals surface area (Å²) in [7, 11) is 0. The second kappa shape index (κ2) is 6.24. The fourth-order valence-electron chi connectivity index (χ4n) is 1.56. The Morgan fingerprint density at radius 2 is 2.28 bits per heavy atom. The monoisotopic (exact) mass is 360 g/mol. The summed E-state index contributed by atoms with van der Waals surface area (Å²) in [5.74, 6) is -0.241. The molecule has 0 atom stereocenters. The Morgan fingerprint density at radius 1 is 1.44 bits per heavy atom. The van der Waals surface area contributed by atoms with Crippen molar-refractivity contribution < 1.29 is 4.39 Å². The second-order valence-electron chi connectivity index (χ2n) is 3.90. The quantitative estimate of drug-likeness (QED) is 0.658. The SMILES string of the molecule is CCCNCc1cn(-c2cccc(F)c2I)nn1. The fraction of sp³-hybridized carbons (Fsp3) is 0.333. The molecule has 6 heteroatoms. The van der Waals surface area contributed by atoms with E-state index in [1.54, 1.807) is 10.7 Å². The molecule has 2 rings (SSSR count). The topological polar surface area (TPSA) is 42.7 Å². The van der Waals surface area contributed by atoms with E-state index >= 15 is 0 Å². The van der Waals surface area contributed by atoms with Crippen molar-refractivity contribution in [1.82, 2.24) is 20.3 Å². The molecule has 1 aromatic heterocycles. The molecule has 0 amide bonds. The van der Waals surface area contributed by atoms with Crippen molar-refractivity contribution in [2.75, 3.05) is 6.54 Å². The molecular weight excluding hydrogens is 346 g/mol. The van der Waals surface area contributed by atoms with Gasteiger partial charge in [0.05, 0.1) is 21.1 Å². The van der Waals surface area contributed by atoms with Crippen LogP contribution in [-0.4, -0.2) is 21.5 Å². The predicted octanol–water partition coefficient (Wildman–Crippen LogP) is 2.51. The first-order valence-corrected chi connectivity index (χ1v) is 6.86. The summed E-state index contributed by atoms with van der Waals surface area (Å²) in [6, 6.07) is 4.93. The highest BCUT2D eigenvalue weighted by atomic mass is 127. The summed E-state index contributed by atoms with van der Waals surface area (Å²) in [6.07, 6.45) is 2.90. The third-order valence-corrected chi connectivity index (χ3v) is 3.52. The molecule has 0 spiro atoms. The van der Waals surface area contributed by atoms with E-state index in [9.17, 15) is 4.39 Å². The number of nitrogens with zero attached hydrogens (tertiary/aromatic N) is 3. The van der Waals surface area contributed by atoms with Gasteiger partial charge in [-0.3, -0.25) is 0 Å². The Labute approximate surface area is 119 Å². The lowest BCUT2D eigenvalue weighted by Gasteiger charge is -2.03. The molecule has 4 nitrogen and oxygen atoms in total. The van der Waals surface area contributed by atoms with E-state index in [0.29, 0.717) is 15.8 Å². The number of hydrogen-bond donors (Lipinski definition) is 1. The highest BCUT2D eigenvalue weighted by molar-refractivity contribution is 14.1. The summed E-state index contributed by atoms with van der Waals surface area (Å²) < 4.78 is 15.6. The van der Waals surface area contributed by atoms with E-state index < -0.39 is 0 Å². The highest BCUT2D eigenvalue weighted by Crippen LogP contribution is 2.19. The Balaban J connectivity index is 2.16. The van der Waals surface area contributed by atoms with Crippen molar-refractivity contribution in [2.45, 2.75) is 19.9 Å². The third-order valence-electron chi connectivity index (χ3n) is 2.45. The highest BCUT2D eigenvalue weighted by Gasteiger charge is 2.09. The van der Waals surface area contributed by atoms with Gasteiger partial charge in [0, 0.05) is 6.54 Å². The van der Waals surface area contributed by atoms with Gasteiger partial charge >= 0.3 is 0 Å². The molecule has 0 saturated carbocycles. The lowest BCUT2D eigenvalue weighted by atomic mass is 10.3. The molecule has 1 heterocycles. The molecule has 2 aromatic rings. The van der Waals surface area contributed by atoms with Crippen LogP contribution in [0.4, 0.5) is 4.39 Å². The van der Waals surface area contributed by atoms with Crippen molar-refractivity contribution in [3.63, 3.8) is 0 Å². The Morgan fingerprint density at radius 3 is 3.06 bits per heavy atom. The van der Waals surface area contributed by atoms with Gasteiger partial charge in [0.25, 0.3) is 0 Å². The maximum atomic E-state index is 13.4. The van der Waals surface area contributed by atoms with Gasteiger partial charge in [-0.15, -0.1) is 5.10 Å². The van der Waals surface area contributed by atoms with Gasteiger partial charge in [0.2, 0.25) is 0 Å². The molecule has 0 bridgehead atoms. The zero-order chi connectivity index (χ0) is 13.0. The minimum atomic E-state index is -0.241. The average molecular weight is 360 g/mol. The van der Waals surface area contributed by atoms with E-state index in [0.717, 1.165) is 18.7 Å². The number of nitrogens with one attached hydrogen (secondary N) is 1. The first kappa shape index (κ1) is 13.4. The standard InChI is InChI=1S/C12H14FIN4/c1-2-6-15-7-9-8-18(17-16-9)11-5-3-4-10(13)12(11)14/h3-5,8,15H,2,6-7H2,1H3. The first-order valence-electron chi connectivity index (χ1n) is 5.78. The van der Waals surface area contributed by atoms with Crippen molar-refractivity contribution in [3.05, 3.63) is 39.5 Å².